The van der Waals surface area contributed by atoms with Crippen LogP contribution in [0.5, 0.6) is 11.5 Å². The van der Waals surface area contributed by atoms with Gasteiger partial charge in [-0.3, -0.25) is 0 Å². The van der Waals surface area contributed by atoms with Gasteiger partial charge in [-0.1, -0.05) is 31.6 Å². The van der Waals surface area contributed by atoms with Crippen LogP contribution in [0.25, 0.3) is 6.08 Å². The molecule has 1 aromatic rings. The van der Waals surface area contributed by atoms with Crippen molar-refractivity contribution in [2.45, 2.75) is 32.7 Å². The molecule has 20 heavy (non-hydrogen) atoms. The number of ether oxygens (including phenoxy) is 2. The van der Waals surface area contributed by atoms with E-state index in [-0.39, 0.29) is 0 Å². The number of benzene rings is 1. The Bertz CT molecular complexity index is 476. The summed E-state index contributed by atoms with van der Waals surface area (Å²) >= 11 is 0. The summed E-state index contributed by atoms with van der Waals surface area (Å²) < 4.78 is 10.6. The molecule has 1 fully saturated rings. The number of nitrogens with one attached hydrogen (secondary N) is 1. The SMILES string of the molecule is COc1ccc(C=C(CNC2CC2)C(C)C)cc1OC. The Labute approximate surface area is 122 Å². The van der Waals surface area contributed by atoms with Crippen LogP contribution in [0.2, 0.25) is 0 Å². The first-order valence-corrected chi connectivity index (χ1v) is 7.30. The number of hydrogen-bond acceptors (Lipinski definition) is 3. The lowest BCUT2D eigenvalue weighted by Crippen LogP contribution is -2.21. The molecule has 0 radical (unpaired) electrons. The highest BCUT2D eigenvalue weighted by Gasteiger charge is 2.20. The maximum Gasteiger partial charge on any atom is 0.161 e. The molecule has 0 aromatic heterocycles. The third kappa shape index (κ3) is 4.01. The van der Waals surface area contributed by atoms with E-state index in [9.17, 15) is 0 Å². The minimum Gasteiger partial charge on any atom is -0.493 e. The third-order valence-electron chi connectivity index (χ3n) is 3.67. The first-order valence-electron chi connectivity index (χ1n) is 7.30. The third-order valence-corrected chi connectivity index (χ3v) is 3.67. The van der Waals surface area contributed by atoms with E-state index in [4.69, 9.17) is 9.47 Å². The first-order chi connectivity index (χ1) is 9.63. The maximum absolute atomic E-state index is 5.36. The fourth-order valence-corrected chi connectivity index (χ4v) is 2.13. The van der Waals surface area contributed by atoms with Gasteiger partial charge in [-0.25, -0.2) is 0 Å². The zero-order valence-corrected chi connectivity index (χ0v) is 12.9. The molecule has 0 heterocycles. The van der Waals surface area contributed by atoms with E-state index in [0.717, 1.165) is 29.6 Å². The molecule has 0 bridgehead atoms. The summed E-state index contributed by atoms with van der Waals surface area (Å²) in [4.78, 5) is 0. The summed E-state index contributed by atoms with van der Waals surface area (Å²) in [7, 11) is 3.33. The summed E-state index contributed by atoms with van der Waals surface area (Å²) in [5.41, 5.74) is 2.58. The van der Waals surface area contributed by atoms with Crippen LogP contribution in [0, 0.1) is 5.92 Å². The van der Waals surface area contributed by atoms with Gasteiger partial charge >= 0.3 is 0 Å². The van der Waals surface area contributed by atoms with Gasteiger partial charge < -0.3 is 14.8 Å². The lowest BCUT2D eigenvalue weighted by molar-refractivity contribution is 0.355. The van der Waals surface area contributed by atoms with Gasteiger partial charge in [-0.2, -0.15) is 0 Å². The van der Waals surface area contributed by atoms with Crippen molar-refractivity contribution in [2.24, 2.45) is 5.92 Å². The van der Waals surface area contributed by atoms with Crippen LogP contribution in [0.15, 0.2) is 23.8 Å². The molecular formula is C17H25NO2. The molecule has 0 amide bonds. The van der Waals surface area contributed by atoms with Gasteiger partial charge in [0.15, 0.2) is 11.5 Å². The van der Waals surface area contributed by atoms with E-state index >= 15 is 0 Å². The van der Waals surface area contributed by atoms with Gasteiger partial charge in [0.05, 0.1) is 14.2 Å². The van der Waals surface area contributed by atoms with Crippen LogP contribution < -0.4 is 14.8 Å². The summed E-state index contributed by atoms with van der Waals surface area (Å²) in [6.07, 6.45) is 4.89. The van der Waals surface area contributed by atoms with Crippen LogP contribution in [0.1, 0.15) is 32.3 Å². The number of methoxy groups -OCH3 is 2. The molecule has 1 aromatic carbocycles. The van der Waals surface area contributed by atoms with Crippen LogP contribution in [-0.2, 0) is 0 Å². The Morgan fingerprint density at radius 1 is 1.25 bits per heavy atom. The average molecular weight is 275 g/mol. The molecule has 0 aliphatic heterocycles. The van der Waals surface area contributed by atoms with Crippen molar-refractivity contribution in [3.8, 4) is 11.5 Å². The minimum absolute atomic E-state index is 0.536. The van der Waals surface area contributed by atoms with Crippen molar-refractivity contribution in [1.82, 2.24) is 5.32 Å². The van der Waals surface area contributed by atoms with Crippen LogP contribution >= 0.6 is 0 Å². The van der Waals surface area contributed by atoms with Gasteiger partial charge in [-0.15, -0.1) is 0 Å². The summed E-state index contributed by atoms with van der Waals surface area (Å²) in [6.45, 7) is 5.44. The lowest BCUT2D eigenvalue weighted by Gasteiger charge is -2.13. The van der Waals surface area contributed by atoms with Crippen LogP contribution in [-0.4, -0.2) is 26.8 Å². The maximum atomic E-state index is 5.36. The molecule has 3 heteroatoms. The minimum atomic E-state index is 0.536. The molecular weight excluding hydrogens is 250 g/mol. The monoisotopic (exact) mass is 275 g/mol. The quantitative estimate of drug-likeness (QED) is 0.826. The Kier molecular flexibility index (Phi) is 5.07. The van der Waals surface area contributed by atoms with E-state index in [1.54, 1.807) is 14.2 Å². The molecule has 0 unspecified atom stereocenters. The van der Waals surface area contributed by atoms with Crippen LogP contribution in [0.4, 0.5) is 0 Å². The smallest absolute Gasteiger partial charge is 0.161 e. The molecule has 110 valence electrons. The average Bonchev–Trinajstić information content (AvgIpc) is 3.26. The normalized spacial score (nSPS) is 15.6. The number of rotatable bonds is 7. The summed E-state index contributed by atoms with van der Waals surface area (Å²) in [5.74, 6) is 2.08. The second-order valence-electron chi connectivity index (χ2n) is 5.64. The number of hydrogen-bond donors (Lipinski definition) is 1. The van der Waals surface area contributed by atoms with Gasteiger partial charge in [0.2, 0.25) is 0 Å². The van der Waals surface area contributed by atoms with E-state index in [1.807, 2.05) is 12.1 Å². The highest BCUT2D eigenvalue weighted by atomic mass is 16.5. The zero-order chi connectivity index (χ0) is 14.5. The highest BCUT2D eigenvalue weighted by Crippen LogP contribution is 2.29. The van der Waals surface area contributed by atoms with Gasteiger partial charge in [0, 0.05) is 12.6 Å². The van der Waals surface area contributed by atoms with E-state index in [1.165, 1.54) is 18.4 Å². The Hall–Kier alpha value is -1.48. The zero-order valence-electron chi connectivity index (χ0n) is 12.9. The van der Waals surface area contributed by atoms with Crippen molar-refractivity contribution < 1.29 is 9.47 Å². The molecule has 0 spiro atoms. The molecule has 2 rings (SSSR count). The summed E-state index contributed by atoms with van der Waals surface area (Å²) in [6, 6.07) is 6.79. The molecule has 3 nitrogen and oxygen atoms in total. The van der Waals surface area contributed by atoms with Gasteiger partial charge in [0.25, 0.3) is 0 Å². The van der Waals surface area contributed by atoms with Crippen molar-refractivity contribution in [3.05, 3.63) is 29.3 Å². The fraction of sp³-hybridized carbons (Fsp3) is 0.529. The largest absolute Gasteiger partial charge is 0.493 e. The van der Waals surface area contributed by atoms with Crippen LogP contribution in [0.3, 0.4) is 0 Å². The van der Waals surface area contributed by atoms with Crippen molar-refractivity contribution in [2.75, 3.05) is 20.8 Å². The second-order valence-corrected chi connectivity index (χ2v) is 5.64. The van der Waals surface area contributed by atoms with E-state index in [0.29, 0.717) is 5.92 Å². The molecule has 1 aliphatic rings. The molecule has 0 atom stereocenters. The standard InChI is InChI=1S/C17H25NO2/c1-12(2)14(11-18-15-6-7-15)9-13-5-8-16(19-3)17(10-13)20-4/h5,8-10,12,15,18H,6-7,11H2,1-4H3. The van der Waals surface area contributed by atoms with Gasteiger partial charge in [0.1, 0.15) is 0 Å². The predicted molar refractivity (Wildman–Crippen MR) is 83.4 cm³/mol. The fourth-order valence-electron chi connectivity index (χ4n) is 2.13. The van der Waals surface area contributed by atoms with Gasteiger partial charge in [-0.05, 0) is 36.5 Å². The molecule has 1 aliphatic carbocycles. The molecule has 1 saturated carbocycles. The Morgan fingerprint density at radius 2 is 1.95 bits per heavy atom. The summed E-state index contributed by atoms with van der Waals surface area (Å²) in [5, 5.41) is 3.59. The second kappa shape index (κ2) is 6.80. The Balaban J connectivity index is 2.15. The first kappa shape index (κ1) is 14.9. The van der Waals surface area contributed by atoms with Crippen molar-refractivity contribution in [3.63, 3.8) is 0 Å². The van der Waals surface area contributed by atoms with E-state index < -0.39 is 0 Å². The topological polar surface area (TPSA) is 30.5 Å². The lowest BCUT2D eigenvalue weighted by atomic mass is 10.00. The van der Waals surface area contributed by atoms with E-state index in [2.05, 4.69) is 31.3 Å². The molecule has 0 saturated heterocycles. The molecule has 1 N–H and O–H groups in total. The predicted octanol–water partition coefficient (Wildman–Crippen LogP) is 3.50. The van der Waals surface area contributed by atoms with Crippen molar-refractivity contribution in [1.29, 1.82) is 0 Å². The Morgan fingerprint density at radius 3 is 2.50 bits per heavy atom. The highest BCUT2D eigenvalue weighted by molar-refractivity contribution is 5.58. The van der Waals surface area contributed by atoms with Crippen molar-refractivity contribution >= 4 is 6.08 Å².